The van der Waals surface area contributed by atoms with Gasteiger partial charge in [-0.05, 0) is 19.3 Å². The van der Waals surface area contributed by atoms with Crippen LogP contribution < -0.4 is 16.4 Å². The maximum Gasteiger partial charge on any atom is 0.481 e. The standard InChI is InChI=1S/C32H54N7O17P3S/c1-4-5-6-7-8-9-10-11-12-23(41)60-16-15-34-22(40)13-14-35-30(44)27(43)32(2,3)18-53-59(50,51)56-58(48,49)52-17-21-26(55-57(45,46)47)25(42)31(54-21)39-20-38-24-28(33)36-19-37-29(24)39/h9-10,19-21,25-27,31,42-43H,4-8,11-18H2,1-3H3,(H,34,40)(H,35,44)(H,48,49)(H,50,51)(H2,33,36,37)(H2,45,46,47)/b10-9+/t21-,25-,26-,27+,31-/m1/s1. The van der Waals surface area contributed by atoms with Gasteiger partial charge in [0.1, 0.15) is 36.3 Å². The fraction of sp³-hybridized carbons (Fsp3) is 0.688. The Balaban J connectivity index is 1.41. The molecule has 2 aromatic heterocycles. The SMILES string of the molecule is CCCCCC/C=C/CCC(=O)SCCNC(=O)CCNC(=O)[C@H](O)C(C)(C)COP(=O)(O)OP(=O)(O)OC[C@H]1O[C@@H](n2cnc3c(N)ncnc32)[C@H](O)[C@@H]1OP(=O)(O)O. The first-order valence-electron chi connectivity index (χ1n) is 18.8. The molecule has 60 heavy (non-hydrogen) atoms. The number of aliphatic hydroxyl groups excluding tert-OH is 2. The zero-order chi connectivity index (χ0) is 44.7. The summed E-state index contributed by atoms with van der Waals surface area (Å²) in [5.74, 6) is -1.07. The summed E-state index contributed by atoms with van der Waals surface area (Å²) in [6, 6.07) is 0. The van der Waals surface area contributed by atoms with Crippen LogP contribution in [-0.2, 0) is 50.7 Å². The smallest absolute Gasteiger partial charge is 0.386 e. The fourth-order valence-corrected chi connectivity index (χ4v) is 9.02. The Morgan fingerprint density at radius 3 is 2.40 bits per heavy atom. The van der Waals surface area contributed by atoms with Gasteiger partial charge >= 0.3 is 23.5 Å². The zero-order valence-corrected chi connectivity index (χ0v) is 36.7. The minimum Gasteiger partial charge on any atom is -0.386 e. The van der Waals surface area contributed by atoms with Crippen LogP contribution in [0.5, 0.6) is 0 Å². The lowest BCUT2D eigenvalue weighted by molar-refractivity contribution is -0.137. The highest BCUT2D eigenvalue weighted by Crippen LogP contribution is 2.61. The quantitative estimate of drug-likeness (QED) is 0.0351. The number of carbonyl (C=O) groups is 3. The Labute approximate surface area is 349 Å². The fourth-order valence-electron chi connectivity index (χ4n) is 5.49. The van der Waals surface area contributed by atoms with E-state index >= 15 is 0 Å². The number of nitrogens with zero attached hydrogens (tertiary/aromatic N) is 4. The lowest BCUT2D eigenvalue weighted by Crippen LogP contribution is -2.46. The molecule has 0 aromatic carbocycles. The number of hydrogen-bond donors (Lipinski definition) is 9. The summed E-state index contributed by atoms with van der Waals surface area (Å²) in [7, 11) is -16.4. The number of ether oxygens (including phenoxy) is 1. The predicted molar refractivity (Wildman–Crippen MR) is 214 cm³/mol. The highest BCUT2D eigenvalue weighted by Gasteiger charge is 2.50. The molecular formula is C32H54N7O17P3S. The summed E-state index contributed by atoms with van der Waals surface area (Å²) in [4.78, 5) is 87.9. The van der Waals surface area contributed by atoms with Crippen molar-refractivity contribution < 1.29 is 80.5 Å². The number of phosphoric ester groups is 3. The van der Waals surface area contributed by atoms with Crippen LogP contribution in [0.2, 0.25) is 0 Å². The van der Waals surface area contributed by atoms with Gasteiger partial charge in [-0.3, -0.25) is 32.5 Å². The number of nitrogen functional groups attached to an aromatic ring is 1. The van der Waals surface area contributed by atoms with Crippen LogP contribution >= 0.6 is 35.2 Å². The van der Waals surface area contributed by atoms with Crippen LogP contribution in [0, 0.1) is 5.41 Å². The number of thioether (sulfide) groups is 1. The molecule has 3 rings (SSSR count). The van der Waals surface area contributed by atoms with E-state index in [0.717, 1.165) is 41.8 Å². The summed E-state index contributed by atoms with van der Waals surface area (Å²) in [6.45, 7) is 2.69. The molecule has 1 aliphatic heterocycles. The van der Waals surface area contributed by atoms with Crippen LogP contribution in [-0.4, -0.2) is 123 Å². The molecule has 3 heterocycles. The van der Waals surface area contributed by atoms with Crippen molar-refractivity contribution in [3.8, 4) is 0 Å². The molecule has 0 saturated carbocycles. The zero-order valence-electron chi connectivity index (χ0n) is 33.2. The van der Waals surface area contributed by atoms with E-state index in [0.29, 0.717) is 18.6 Å². The summed E-state index contributed by atoms with van der Waals surface area (Å²) in [5, 5.41) is 26.5. The molecule has 0 spiro atoms. The molecule has 28 heteroatoms. The van der Waals surface area contributed by atoms with Crippen LogP contribution in [0.1, 0.15) is 78.4 Å². The number of amides is 2. The number of anilines is 1. The summed E-state index contributed by atoms with van der Waals surface area (Å²) < 4.78 is 62.2. The molecule has 1 aliphatic rings. The van der Waals surface area contributed by atoms with Crippen molar-refractivity contribution in [2.45, 2.75) is 103 Å². The van der Waals surface area contributed by atoms with E-state index in [1.807, 2.05) is 6.08 Å². The third kappa shape index (κ3) is 17.2. The number of nitrogens with one attached hydrogen (secondary N) is 2. The van der Waals surface area contributed by atoms with Crippen LogP contribution in [0.4, 0.5) is 5.82 Å². The molecule has 10 N–H and O–H groups in total. The van der Waals surface area contributed by atoms with E-state index in [1.165, 1.54) is 33.1 Å². The number of imidazole rings is 1. The second-order valence-corrected chi connectivity index (χ2v) is 19.5. The molecule has 340 valence electrons. The number of hydrogen-bond acceptors (Lipinski definition) is 18. The molecular weight excluding hydrogens is 879 g/mol. The Hall–Kier alpha value is -2.70. The number of phosphoric acid groups is 3. The molecule has 1 saturated heterocycles. The number of fused-ring (bicyclic) bond motifs is 1. The van der Waals surface area contributed by atoms with Gasteiger partial charge in [-0.1, -0.05) is 63.9 Å². The van der Waals surface area contributed by atoms with Gasteiger partial charge in [-0.15, -0.1) is 0 Å². The van der Waals surface area contributed by atoms with Gasteiger partial charge in [-0.2, -0.15) is 4.31 Å². The molecule has 0 radical (unpaired) electrons. The number of unbranched alkanes of at least 4 members (excludes halogenated alkanes) is 4. The Morgan fingerprint density at radius 2 is 1.70 bits per heavy atom. The molecule has 0 aliphatic carbocycles. The minimum atomic E-state index is -5.57. The van der Waals surface area contributed by atoms with Crippen molar-refractivity contribution in [3.63, 3.8) is 0 Å². The molecule has 2 amide bonds. The average Bonchev–Trinajstić information content (AvgIpc) is 3.72. The summed E-state index contributed by atoms with van der Waals surface area (Å²) in [5.41, 5.74) is 4.27. The van der Waals surface area contributed by atoms with Gasteiger partial charge < -0.3 is 50.9 Å². The van der Waals surface area contributed by atoms with Crippen molar-refractivity contribution in [2.24, 2.45) is 5.41 Å². The van der Waals surface area contributed by atoms with Crippen LogP contribution in [0.25, 0.3) is 11.2 Å². The highest BCUT2D eigenvalue weighted by atomic mass is 32.2. The molecule has 0 bridgehead atoms. The number of allylic oxidation sites excluding steroid dienone is 2. The normalized spacial score (nSPS) is 21.1. The van der Waals surface area contributed by atoms with Gasteiger partial charge in [0, 0.05) is 37.1 Å². The number of aliphatic hydroxyl groups is 2. The van der Waals surface area contributed by atoms with E-state index < -0.39 is 84.6 Å². The van der Waals surface area contributed by atoms with E-state index in [2.05, 4.69) is 47.4 Å². The largest absolute Gasteiger partial charge is 0.481 e. The van der Waals surface area contributed by atoms with Gasteiger partial charge in [0.25, 0.3) is 0 Å². The molecule has 7 atom stereocenters. The third-order valence-electron chi connectivity index (χ3n) is 8.67. The lowest BCUT2D eigenvalue weighted by Gasteiger charge is -2.30. The average molecular weight is 934 g/mol. The highest BCUT2D eigenvalue weighted by molar-refractivity contribution is 8.13. The van der Waals surface area contributed by atoms with Gasteiger partial charge in [-0.25, -0.2) is 28.6 Å². The first-order chi connectivity index (χ1) is 28.1. The maximum atomic E-state index is 12.7. The molecule has 2 aromatic rings. The van der Waals surface area contributed by atoms with Crippen molar-refractivity contribution in [3.05, 3.63) is 24.8 Å². The van der Waals surface area contributed by atoms with E-state index in [9.17, 15) is 57.9 Å². The molecule has 24 nitrogen and oxygen atoms in total. The lowest BCUT2D eigenvalue weighted by atomic mass is 9.87. The predicted octanol–water partition coefficient (Wildman–Crippen LogP) is 1.97. The van der Waals surface area contributed by atoms with Crippen molar-refractivity contribution in [1.82, 2.24) is 30.2 Å². The van der Waals surface area contributed by atoms with Gasteiger partial charge in [0.05, 0.1) is 19.5 Å². The number of carbonyl (C=O) groups excluding carboxylic acids is 3. The number of rotatable bonds is 27. The van der Waals surface area contributed by atoms with Crippen molar-refractivity contribution in [2.75, 3.05) is 37.8 Å². The first kappa shape index (κ1) is 51.6. The van der Waals surface area contributed by atoms with Crippen molar-refractivity contribution in [1.29, 1.82) is 0 Å². The van der Waals surface area contributed by atoms with Crippen LogP contribution in [0.15, 0.2) is 24.8 Å². The van der Waals surface area contributed by atoms with Crippen LogP contribution in [0.3, 0.4) is 0 Å². The molecule has 1 fully saturated rings. The second kappa shape index (κ2) is 23.7. The van der Waals surface area contributed by atoms with Crippen molar-refractivity contribution >= 4 is 69.1 Å². The first-order valence-corrected chi connectivity index (χ1v) is 24.3. The van der Waals surface area contributed by atoms with Gasteiger partial charge in [0.2, 0.25) is 11.8 Å². The van der Waals surface area contributed by atoms with E-state index in [1.54, 1.807) is 0 Å². The summed E-state index contributed by atoms with van der Waals surface area (Å²) >= 11 is 1.11. The Morgan fingerprint density at radius 1 is 1.00 bits per heavy atom. The minimum absolute atomic E-state index is 0.0109. The Kier molecular flexibility index (Phi) is 20.4. The number of aromatic nitrogens is 4. The second-order valence-electron chi connectivity index (χ2n) is 14.1. The monoisotopic (exact) mass is 933 g/mol. The van der Waals surface area contributed by atoms with E-state index in [4.69, 9.17) is 19.5 Å². The number of nitrogens with two attached hydrogens (primary N) is 1. The summed E-state index contributed by atoms with van der Waals surface area (Å²) in [6.07, 6.45) is 3.98. The topological polar surface area (TPSA) is 364 Å². The Bertz CT molecular complexity index is 1920. The third-order valence-corrected chi connectivity index (χ3v) is 12.7. The van der Waals surface area contributed by atoms with Gasteiger partial charge in [0.15, 0.2) is 22.8 Å². The maximum absolute atomic E-state index is 12.7. The van der Waals surface area contributed by atoms with E-state index in [-0.39, 0.29) is 41.6 Å². The molecule has 2 unspecified atom stereocenters.